The Morgan fingerprint density at radius 2 is 2.00 bits per heavy atom. The highest BCUT2D eigenvalue weighted by atomic mass is 16.4. The van der Waals surface area contributed by atoms with Crippen LogP contribution in [-0.2, 0) is 9.59 Å². The summed E-state index contributed by atoms with van der Waals surface area (Å²) in [5.74, 6) is 0.428. The maximum absolute atomic E-state index is 12.2. The third-order valence-corrected chi connectivity index (χ3v) is 2.90. The van der Waals surface area contributed by atoms with Crippen molar-refractivity contribution in [2.75, 3.05) is 5.32 Å². The maximum Gasteiger partial charge on any atom is 0.326 e. The summed E-state index contributed by atoms with van der Waals surface area (Å²) in [4.78, 5) is 34.6. The first-order valence-electron chi connectivity index (χ1n) is 6.79. The van der Waals surface area contributed by atoms with Gasteiger partial charge in [-0.2, -0.15) is 0 Å². The number of rotatable bonds is 7. The Kier molecular flexibility index (Phi) is 6.64. The van der Waals surface area contributed by atoms with Crippen molar-refractivity contribution < 1.29 is 19.5 Å². The summed E-state index contributed by atoms with van der Waals surface area (Å²) in [6.45, 7) is 1.33. The third-order valence-electron chi connectivity index (χ3n) is 2.90. The zero-order valence-electron chi connectivity index (χ0n) is 12.3. The Labute approximate surface area is 128 Å². The number of amides is 2. The van der Waals surface area contributed by atoms with E-state index in [1.807, 2.05) is 0 Å². The number of anilines is 1. The molecule has 1 aromatic carbocycles. The van der Waals surface area contributed by atoms with Gasteiger partial charge in [0.1, 0.15) is 6.04 Å². The Balaban J connectivity index is 2.84. The molecule has 0 aromatic heterocycles. The first kappa shape index (κ1) is 17.2. The number of carboxylic acid groups (broad SMARTS) is 1. The second kappa shape index (κ2) is 8.47. The van der Waals surface area contributed by atoms with Crippen LogP contribution in [0, 0.1) is 12.3 Å². The highest BCUT2D eigenvalue weighted by Crippen LogP contribution is 2.15. The Bertz CT molecular complexity index is 604. The number of carbonyl (C=O) groups excluding carboxylic acids is 2. The fourth-order valence-electron chi connectivity index (χ4n) is 1.88. The second-order valence-electron chi connectivity index (χ2n) is 4.69. The van der Waals surface area contributed by atoms with E-state index in [1.165, 1.54) is 13.0 Å². The molecule has 1 atom stereocenters. The highest BCUT2D eigenvalue weighted by Gasteiger charge is 2.21. The van der Waals surface area contributed by atoms with Gasteiger partial charge in [0.05, 0.1) is 11.3 Å². The minimum absolute atomic E-state index is 0.209. The molecule has 0 saturated heterocycles. The van der Waals surface area contributed by atoms with Gasteiger partial charge in [0.25, 0.3) is 5.91 Å². The predicted octanol–water partition coefficient (Wildman–Crippen LogP) is 1.63. The van der Waals surface area contributed by atoms with Gasteiger partial charge < -0.3 is 15.7 Å². The Hall–Kier alpha value is -2.81. The molecule has 0 fully saturated rings. The molecule has 116 valence electrons. The van der Waals surface area contributed by atoms with E-state index in [2.05, 4.69) is 16.6 Å². The van der Waals surface area contributed by atoms with Crippen molar-refractivity contribution >= 4 is 23.5 Å². The van der Waals surface area contributed by atoms with Crippen molar-refractivity contribution in [3.63, 3.8) is 0 Å². The van der Waals surface area contributed by atoms with Crippen molar-refractivity contribution in [1.29, 1.82) is 0 Å². The van der Waals surface area contributed by atoms with E-state index in [-0.39, 0.29) is 17.9 Å². The number of para-hydroxylation sites is 1. The zero-order chi connectivity index (χ0) is 16.5. The van der Waals surface area contributed by atoms with E-state index in [9.17, 15) is 14.4 Å². The molecule has 0 bridgehead atoms. The van der Waals surface area contributed by atoms with E-state index in [4.69, 9.17) is 11.5 Å². The van der Waals surface area contributed by atoms with Crippen LogP contribution in [0.25, 0.3) is 0 Å². The minimum Gasteiger partial charge on any atom is -0.480 e. The molecular weight excluding hydrogens is 284 g/mol. The van der Waals surface area contributed by atoms with Gasteiger partial charge in [0.2, 0.25) is 5.91 Å². The number of unbranched alkanes of at least 4 members (excludes halogenated alkanes) is 1. The molecule has 6 heteroatoms. The van der Waals surface area contributed by atoms with Crippen molar-refractivity contribution in [2.45, 2.75) is 32.2 Å². The van der Waals surface area contributed by atoms with Crippen LogP contribution < -0.4 is 10.6 Å². The van der Waals surface area contributed by atoms with Crippen molar-refractivity contribution in [2.24, 2.45) is 0 Å². The summed E-state index contributed by atoms with van der Waals surface area (Å²) in [5, 5.41) is 14.1. The van der Waals surface area contributed by atoms with Crippen LogP contribution in [0.5, 0.6) is 0 Å². The smallest absolute Gasteiger partial charge is 0.326 e. The van der Waals surface area contributed by atoms with Crippen LogP contribution in [0.1, 0.15) is 36.5 Å². The lowest BCUT2D eigenvalue weighted by Gasteiger charge is -2.15. The fourth-order valence-corrected chi connectivity index (χ4v) is 1.88. The van der Waals surface area contributed by atoms with E-state index < -0.39 is 17.9 Å². The number of benzene rings is 1. The molecule has 0 heterocycles. The number of hydrogen-bond acceptors (Lipinski definition) is 3. The Morgan fingerprint density at radius 1 is 1.32 bits per heavy atom. The molecule has 0 spiro atoms. The lowest BCUT2D eigenvalue weighted by Crippen LogP contribution is -2.41. The van der Waals surface area contributed by atoms with Gasteiger partial charge in [-0.05, 0) is 25.0 Å². The Morgan fingerprint density at radius 3 is 2.59 bits per heavy atom. The van der Waals surface area contributed by atoms with Crippen LogP contribution in [0.15, 0.2) is 24.3 Å². The number of terminal acetylenes is 1. The van der Waals surface area contributed by atoms with Crippen LogP contribution in [0.3, 0.4) is 0 Å². The number of aliphatic carboxylic acids is 1. The lowest BCUT2D eigenvalue weighted by atomic mass is 10.1. The molecule has 0 saturated carbocycles. The predicted molar refractivity (Wildman–Crippen MR) is 82.3 cm³/mol. The van der Waals surface area contributed by atoms with Crippen molar-refractivity contribution in [3.8, 4) is 12.3 Å². The molecule has 0 aliphatic carbocycles. The summed E-state index contributed by atoms with van der Waals surface area (Å²) < 4.78 is 0. The molecular formula is C16H18N2O4. The van der Waals surface area contributed by atoms with Gasteiger partial charge in [-0.15, -0.1) is 12.3 Å². The first-order valence-corrected chi connectivity index (χ1v) is 6.79. The maximum atomic E-state index is 12.2. The normalized spacial score (nSPS) is 11.1. The van der Waals surface area contributed by atoms with Crippen molar-refractivity contribution in [1.82, 2.24) is 5.32 Å². The fraction of sp³-hybridized carbons (Fsp3) is 0.312. The summed E-state index contributed by atoms with van der Waals surface area (Å²) in [6, 6.07) is 5.37. The minimum atomic E-state index is -1.12. The quantitative estimate of drug-likeness (QED) is 0.527. The van der Waals surface area contributed by atoms with E-state index in [1.54, 1.807) is 18.2 Å². The topological polar surface area (TPSA) is 95.5 Å². The molecule has 1 aromatic rings. The number of carbonyl (C=O) groups is 3. The standard InChI is InChI=1S/C16H18N2O4/c1-3-4-5-10-14(16(21)22)18-15(20)12-8-6-7-9-13(12)17-11(2)19/h1,6-9,14H,4-5,10H2,2H3,(H,17,19)(H,18,20)(H,21,22)/t14-/m1/s1. The van der Waals surface area contributed by atoms with Gasteiger partial charge in [0, 0.05) is 13.3 Å². The van der Waals surface area contributed by atoms with Gasteiger partial charge in [-0.3, -0.25) is 9.59 Å². The molecule has 1 rings (SSSR count). The number of hydrogen-bond donors (Lipinski definition) is 3. The molecule has 0 radical (unpaired) electrons. The van der Waals surface area contributed by atoms with Crippen LogP contribution in [0.2, 0.25) is 0 Å². The van der Waals surface area contributed by atoms with Crippen LogP contribution >= 0.6 is 0 Å². The molecule has 22 heavy (non-hydrogen) atoms. The lowest BCUT2D eigenvalue weighted by molar-refractivity contribution is -0.139. The molecule has 0 unspecified atom stereocenters. The number of nitrogens with one attached hydrogen (secondary N) is 2. The summed E-state index contributed by atoms with van der Waals surface area (Å²) in [7, 11) is 0. The SMILES string of the molecule is C#CCCC[C@@H](NC(=O)c1ccccc1NC(C)=O)C(=O)O. The zero-order valence-corrected chi connectivity index (χ0v) is 12.3. The van der Waals surface area contributed by atoms with Gasteiger partial charge in [-0.25, -0.2) is 4.79 Å². The van der Waals surface area contributed by atoms with Crippen LogP contribution in [-0.4, -0.2) is 28.9 Å². The van der Waals surface area contributed by atoms with Gasteiger partial charge in [0.15, 0.2) is 0 Å². The molecule has 3 N–H and O–H groups in total. The summed E-state index contributed by atoms with van der Waals surface area (Å²) in [6.07, 6.45) is 6.32. The number of carboxylic acids is 1. The van der Waals surface area contributed by atoms with Crippen molar-refractivity contribution in [3.05, 3.63) is 29.8 Å². The molecule has 2 amide bonds. The second-order valence-corrected chi connectivity index (χ2v) is 4.69. The monoisotopic (exact) mass is 302 g/mol. The largest absolute Gasteiger partial charge is 0.480 e. The van der Waals surface area contributed by atoms with E-state index in [0.717, 1.165) is 0 Å². The third kappa shape index (κ3) is 5.29. The van der Waals surface area contributed by atoms with Gasteiger partial charge in [-0.1, -0.05) is 12.1 Å². The molecule has 6 nitrogen and oxygen atoms in total. The molecule has 0 aliphatic rings. The van der Waals surface area contributed by atoms with Gasteiger partial charge >= 0.3 is 5.97 Å². The average molecular weight is 302 g/mol. The van der Waals surface area contributed by atoms with Crippen LogP contribution in [0.4, 0.5) is 5.69 Å². The summed E-state index contributed by atoms with van der Waals surface area (Å²) >= 11 is 0. The first-order chi connectivity index (χ1) is 10.5. The highest BCUT2D eigenvalue weighted by molar-refractivity contribution is 6.04. The summed E-state index contributed by atoms with van der Waals surface area (Å²) in [5.41, 5.74) is 0.543. The van der Waals surface area contributed by atoms with E-state index in [0.29, 0.717) is 18.5 Å². The van der Waals surface area contributed by atoms with E-state index >= 15 is 0 Å². The molecule has 0 aliphatic heterocycles. The average Bonchev–Trinajstić information content (AvgIpc) is 2.46.